The van der Waals surface area contributed by atoms with E-state index in [1.807, 2.05) is 60.7 Å². The fourth-order valence-electron chi connectivity index (χ4n) is 2.35. The van der Waals surface area contributed by atoms with Gasteiger partial charge in [0.1, 0.15) is 11.9 Å². The Morgan fingerprint density at radius 1 is 1.09 bits per heavy atom. The number of urea groups is 1. The molecule has 5 nitrogen and oxygen atoms in total. The molecule has 0 spiro atoms. The lowest BCUT2D eigenvalue weighted by Crippen LogP contribution is -2.59. The lowest BCUT2D eigenvalue weighted by Gasteiger charge is -2.40. The molecule has 22 heavy (non-hydrogen) atoms. The van der Waals surface area contributed by atoms with Crippen molar-refractivity contribution in [2.24, 2.45) is 0 Å². The minimum atomic E-state index is -0.392. The number of likely N-dealkylation sites (tertiary alicyclic amines) is 1. The van der Waals surface area contributed by atoms with Gasteiger partial charge in [-0.15, -0.1) is 0 Å². The lowest BCUT2D eigenvalue weighted by molar-refractivity contribution is -0.0801. The molecule has 1 aliphatic heterocycles. The molecular weight excluding hydrogens is 280 g/mol. The largest absolute Gasteiger partial charge is 0.487 e. The zero-order valence-corrected chi connectivity index (χ0v) is 12.1. The number of hydrogen-bond donors (Lipinski definition) is 1. The lowest BCUT2D eigenvalue weighted by atomic mass is 10.2. The molecule has 2 amide bonds. The highest BCUT2D eigenvalue weighted by atomic mass is 16.5. The molecule has 1 fully saturated rings. The Morgan fingerprint density at radius 2 is 1.68 bits per heavy atom. The van der Waals surface area contributed by atoms with E-state index in [0.717, 1.165) is 16.4 Å². The van der Waals surface area contributed by atoms with Crippen molar-refractivity contribution < 1.29 is 14.7 Å². The Balaban J connectivity index is 1.47. The average molecular weight is 298 g/mol. The van der Waals surface area contributed by atoms with E-state index >= 15 is 0 Å². The summed E-state index contributed by atoms with van der Waals surface area (Å²) in [5.74, 6) is 0.796. The monoisotopic (exact) mass is 298 g/mol. The van der Waals surface area contributed by atoms with E-state index in [-0.39, 0.29) is 12.6 Å². The van der Waals surface area contributed by atoms with Crippen LogP contribution in [0, 0.1) is 0 Å². The van der Waals surface area contributed by atoms with Crippen molar-refractivity contribution in [2.45, 2.75) is 12.6 Å². The van der Waals surface area contributed by atoms with Crippen LogP contribution < -0.4 is 4.74 Å². The predicted octanol–water partition coefficient (Wildman–Crippen LogP) is 2.76. The molecule has 0 aliphatic carbocycles. The first-order valence-electron chi connectivity index (χ1n) is 7.23. The number of amides is 2. The van der Waals surface area contributed by atoms with E-state index in [4.69, 9.17) is 4.74 Å². The normalized spacial score (nSPS) is 14.3. The van der Waals surface area contributed by atoms with Crippen molar-refractivity contribution in [3.8, 4) is 5.75 Å². The number of para-hydroxylation sites is 1. The van der Waals surface area contributed by atoms with Crippen LogP contribution in [-0.4, -0.2) is 40.4 Å². The van der Waals surface area contributed by atoms with Gasteiger partial charge >= 0.3 is 6.03 Å². The van der Waals surface area contributed by atoms with Gasteiger partial charge in [0.25, 0.3) is 0 Å². The molecule has 2 aromatic rings. The highest BCUT2D eigenvalue weighted by molar-refractivity contribution is 5.74. The van der Waals surface area contributed by atoms with Gasteiger partial charge in [0.2, 0.25) is 0 Å². The number of carbonyl (C=O) groups is 1. The second-order valence-electron chi connectivity index (χ2n) is 5.28. The minimum Gasteiger partial charge on any atom is -0.487 e. The smallest absolute Gasteiger partial charge is 0.344 e. The quantitative estimate of drug-likeness (QED) is 0.697. The van der Waals surface area contributed by atoms with Crippen LogP contribution in [0.1, 0.15) is 5.56 Å². The zero-order valence-electron chi connectivity index (χ0n) is 12.1. The number of carbonyl (C=O) groups excluding carboxylic acids is 1. The summed E-state index contributed by atoms with van der Waals surface area (Å²) in [6.07, 6.45) is -0.0172. The maximum absolute atomic E-state index is 12.1. The highest BCUT2D eigenvalue weighted by Crippen LogP contribution is 2.19. The fraction of sp³-hybridized carbons (Fsp3) is 0.235. The zero-order chi connectivity index (χ0) is 15.4. The first-order chi connectivity index (χ1) is 10.7. The van der Waals surface area contributed by atoms with Crippen LogP contribution in [-0.2, 0) is 6.54 Å². The minimum absolute atomic E-state index is 0.0172. The van der Waals surface area contributed by atoms with Gasteiger partial charge in [-0.05, 0) is 17.7 Å². The highest BCUT2D eigenvalue weighted by Gasteiger charge is 2.34. The van der Waals surface area contributed by atoms with Crippen molar-refractivity contribution in [2.75, 3.05) is 13.1 Å². The van der Waals surface area contributed by atoms with Crippen molar-refractivity contribution in [1.29, 1.82) is 0 Å². The van der Waals surface area contributed by atoms with E-state index in [0.29, 0.717) is 13.1 Å². The molecule has 1 N–H and O–H groups in total. The first kappa shape index (κ1) is 14.4. The summed E-state index contributed by atoms with van der Waals surface area (Å²) in [6, 6.07) is 18.5. The van der Waals surface area contributed by atoms with Crippen molar-refractivity contribution in [3.05, 3.63) is 66.2 Å². The fourth-order valence-corrected chi connectivity index (χ4v) is 2.35. The van der Waals surface area contributed by atoms with E-state index in [1.54, 1.807) is 4.90 Å². The van der Waals surface area contributed by atoms with Gasteiger partial charge in [-0.1, -0.05) is 48.5 Å². The molecule has 1 aliphatic rings. The van der Waals surface area contributed by atoms with Crippen LogP contribution in [0.3, 0.4) is 0 Å². The van der Waals surface area contributed by atoms with Crippen molar-refractivity contribution in [1.82, 2.24) is 9.96 Å². The molecule has 2 aromatic carbocycles. The number of ether oxygens (including phenoxy) is 1. The van der Waals surface area contributed by atoms with Crippen LogP contribution in [0.4, 0.5) is 4.79 Å². The predicted molar refractivity (Wildman–Crippen MR) is 81.6 cm³/mol. The van der Waals surface area contributed by atoms with Gasteiger partial charge < -0.3 is 9.64 Å². The van der Waals surface area contributed by atoms with Gasteiger partial charge in [-0.2, -0.15) is 0 Å². The molecule has 5 heteroatoms. The summed E-state index contributed by atoms with van der Waals surface area (Å²) >= 11 is 0. The maximum atomic E-state index is 12.1. The number of hydroxylamine groups is 2. The molecule has 0 atom stereocenters. The molecule has 114 valence electrons. The third-order valence-electron chi connectivity index (χ3n) is 3.56. The molecule has 0 saturated carbocycles. The third kappa shape index (κ3) is 3.38. The molecule has 3 rings (SSSR count). The SMILES string of the molecule is O=C(N(O)Cc1ccccc1)N1CC(Oc2ccccc2)C1. The molecular formula is C17H18N2O3. The standard InChI is InChI=1S/C17H18N2O3/c20-17(19(21)11-14-7-3-1-4-8-14)18-12-16(13-18)22-15-9-5-2-6-10-15/h1-10,16,21H,11-13H2. The molecule has 1 saturated heterocycles. The summed E-state index contributed by atoms with van der Waals surface area (Å²) in [7, 11) is 0. The van der Waals surface area contributed by atoms with E-state index < -0.39 is 6.03 Å². The Labute approximate surface area is 129 Å². The molecule has 0 aromatic heterocycles. The Kier molecular flexibility index (Phi) is 4.25. The summed E-state index contributed by atoms with van der Waals surface area (Å²) < 4.78 is 5.73. The second kappa shape index (κ2) is 6.49. The summed E-state index contributed by atoms with van der Waals surface area (Å²) in [4.78, 5) is 13.6. The second-order valence-corrected chi connectivity index (χ2v) is 5.28. The van der Waals surface area contributed by atoms with E-state index in [9.17, 15) is 10.0 Å². The van der Waals surface area contributed by atoms with E-state index in [1.165, 1.54) is 0 Å². The summed E-state index contributed by atoms with van der Waals surface area (Å²) in [6.45, 7) is 1.15. The summed E-state index contributed by atoms with van der Waals surface area (Å²) in [5, 5.41) is 10.6. The van der Waals surface area contributed by atoms with Gasteiger partial charge in [0.05, 0.1) is 19.6 Å². The molecule has 1 heterocycles. The number of hydrogen-bond acceptors (Lipinski definition) is 3. The number of rotatable bonds is 4. The van der Waals surface area contributed by atoms with Crippen LogP contribution in [0.15, 0.2) is 60.7 Å². The Morgan fingerprint density at radius 3 is 2.32 bits per heavy atom. The maximum Gasteiger partial charge on any atom is 0.344 e. The topological polar surface area (TPSA) is 53.0 Å². The van der Waals surface area contributed by atoms with Crippen molar-refractivity contribution >= 4 is 6.03 Å². The van der Waals surface area contributed by atoms with Gasteiger partial charge in [-0.3, -0.25) is 5.21 Å². The van der Waals surface area contributed by atoms with Crippen molar-refractivity contribution in [3.63, 3.8) is 0 Å². The summed E-state index contributed by atoms with van der Waals surface area (Å²) in [5.41, 5.74) is 0.885. The van der Waals surface area contributed by atoms with Gasteiger partial charge in [-0.25, -0.2) is 9.86 Å². The first-order valence-corrected chi connectivity index (χ1v) is 7.23. The van der Waals surface area contributed by atoms with Crippen LogP contribution in [0.5, 0.6) is 5.75 Å². The number of benzene rings is 2. The van der Waals surface area contributed by atoms with Gasteiger partial charge in [0.15, 0.2) is 0 Å². The molecule has 0 radical (unpaired) electrons. The van der Waals surface area contributed by atoms with Crippen LogP contribution >= 0.6 is 0 Å². The van der Waals surface area contributed by atoms with E-state index in [2.05, 4.69) is 0 Å². The van der Waals surface area contributed by atoms with Crippen LogP contribution in [0.2, 0.25) is 0 Å². The van der Waals surface area contributed by atoms with Crippen LogP contribution in [0.25, 0.3) is 0 Å². The Bertz CT molecular complexity index is 612. The number of nitrogens with zero attached hydrogens (tertiary/aromatic N) is 2. The molecule has 0 unspecified atom stereocenters. The average Bonchev–Trinajstić information content (AvgIpc) is 2.52. The van der Waals surface area contributed by atoms with Gasteiger partial charge in [0, 0.05) is 0 Å². The Hall–Kier alpha value is -2.53. The molecule has 0 bridgehead atoms. The third-order valence-corrected chi connectivity index (χ3v) is 3.56.